The van der Waals surface area contributed by atoms with Crippen LogP contribution in [0.2, 0.25) is 0 Å². The molecular formula is C13H13N3O3. The van der Waals surface area contributed by atoms with Crippen LogP contribution in [0.25, 0.3) is 10.8 Å². The fourth-order valence-corrected chi connectivity index (χ4v) is 1.65. The minimum atomic E-state index is -0.743. The molecule has 0 atom stereocenters. The van der Waals surface area contributed by atoms with Crippen molar-refractivity contribution in [2.45, 2.75) is 0 Å². The fraction of sp³-hybridized carbons (Fsp3) is 0.0769. The summed E-state index contributed by atoms with van der Waals surface area (Å²) in [7, 11) is 1.21. The number of carbonyl (C=O) groups excluding carboxylic acids is 2. The highest BCUT2D eigenvalue weighted by Gasteiger charge is 2.06. The van der Waals surface area contributed by atoms with E-state index in [-0.39, 0.29) is 0 Å². The Morgan fingerprint density at radius 1 is 1.00 bits per heavy atom. The van der Waals surface area contributed by atoms with Crippen LogP contribution in [-0.4, -0.2) is 19.2 Å². The number of hydrogen-bond acceptors (Lipinski definition) is 3. The number of hydrogen-bond donors (Lipinski definition) is 3. The summed E-state index contributed by atoms with van der Waals surface area (Å²) in [4.78, 5) is 22.4. The van der Waals surface area contributed by atoms with Gasteiger partial charge in [0.1, 0.15) is 0 Å². The lowest BCUT2D eigenvalue weighted by molar-refractivity contribution is 0.166. The van der Waals surface area contributed by atoms with E-state index in [2.05, 4.69) is 20.9 Å². The van der Waals surface area contributed by atoms with E-state index in [0.29, 0.717) is 5.69 Å². The first-order valence-electron chi connectivity index (χ1n) is 5.59. The lowest BCUT2D eigenvalue weighted by Crippen LogP contribution is -2.43. The Labute approximate surface area is 109 Å². The number of ether oxygens (including phenoxy) is 1. The fourth-order valence-electron chi connectivity index (χ4n) is 1.65. The Morgan fingerprint density at radius 3 is 2.53 bits per heavy atom. The maximum atomic E-state index is 11.6. The van der Waals surface area contributed by atoms with Gasteiger partial charge < -0.3 is 10.1 Å². The second kappa shape index (κ2) is 5.72. The summed E-state index contributed by atoms with van der Waals surface area (Å²) >= 11 is 0. The van der Waals surface area contributed by atoms with Crippen LogP contribution in [0.5, 0.6) is 0 Å². The van der Waals surface area contributed by atoms with E-state index in [1.165, 1.54) is 7.11 Å². The maximum absolute atomic E-state index is 11.6. The van der Waals surface area contributed by atoms with Crippen molar-refractivity contribution >= 4 is 28.6 Å². The number of fused-ring (bicyclic) bond motifs is 1. The summed E-state index contributed by atoms with van der Waals surface area (Å²) in [6.45, 7) is 0. The zero-order valence-electron chi connectivity index (χ0n) is 10.3. The molecule has 0 fully saturated rings. The van der Waals surface area contributed by atoms with Crippen LogP contribution in [-0.2, 0) is 4.74 Å². The van der Waals surface area contributed by atoms with Crippen molar-refractivity contribution in [1.29, 1.82) is 0 Å². The number of carbonyl (C=O) groups is 2. The van der Waals surface area contributed by atoms with Crippen LogP contribution >= 0.6 is 0 Å². The topological polar surface area (TPSA) is 79.5 Å². The molecule has 0 radical (unpaired) electrons. The van der Waals surface area contributed by atoms with Crippen LogP contribution in [0, 0.1) is 0 Å². The Balaban J connectivity index is 2.09. The van der Waals surface area contributed by atoms with Crippen molar-refractivity contribution in [3.63, 3.8) is 0 Å². The SMILES string of the molecule is COC(=O)NNC(=O)Nc1cccc2ccccc12. The molecule has 0 saturated heterocycles. The molecule has 0 saturated carbocycles. The second-order valence-corrected chi connectivity index (χ2v) is 3.72. The van der Waals surface area contributed by atoms with Gasteiger partial charge in [-0.2, -0.15) is 0 Å². The zero-order valence-corrected chi connectivity index (χ0v) is 10.3. The molecule has 0 spiro atoms. The van der Waals surface area contributed by atoms with Crippen molar-refractivity contribution in [1.82, 2.24) is 10.9 Å². The van der Waals surface area contributed by atoms with Gasteiger partial charge in [-0.05, 0) is 11.5 Å². The molecule has 0 aliphatic carbocycles. The van der Waals surface area contributed by atoms with Gasteiger partial charge in [-0.3, -0.25) is 0 Å². The molecule has 0 unspecified atom stereocenters. The summed E-state index contributed by atoms with van der Waals surface area (Å²) in [6, 6.07) is 12.7. The van der Waals surface area contributed by atoms with Gasteiger partial charge in [-0.15, -0.1) is 0 Å². The molecule has 6 nitrogen and oxygen atoms in total. The summed E-state index contributed by atoms with van der Waals surface area (Å²) < 4.78 is 4.33. The van der Waals surface area contributed by atoms with E-state index < -0.39 is 12.1 Å². The van der Waals surface area contributed by atoms with Gasteiger partial charge in [0, 0.05) is 5.39 Å². The molecule has 98 valence electrons. The number of urea groups is 1. The summed E-state index contributed by atoms with van der Waals surface area (Å²) in [5.41, 5.74) is 4.90. The van der Waals surface area contributed by atoms with E-state index in [1.807, 2.05) is 36.4 Å². The molecule has 2 aromatic carbocycles. The predicted octanol–water partition coefficient (Wildman–Crippen LogP) is 2.23. The first kappa shape index (κ1) is 12.7. The van der Waals surface area contributed by atoms with Crippen LogP contribution in [0.15, 0.2) is 42.5 Å². The highest BCUT2D eigenvalue weighted by molar-refractivity contribution is 6.01. The molecule has 6 heteroatoms. The van der Waals surface area contributed by atoms with Gasteiger partial charge in [0.2, 0.25) is 0 Å². The second-order valence-electron chi connectivity index (χ2n) is 3.72. The van der Waals surface area contributed by atoms with Gasteiger partial charge >= 0.3 is 12.1 Å². The van der Waals surface area contributed by atoms with Crippen LogP contribution < -0.4 is 16.2 Å². The number of nitrogens with one attached hydrogen (secondary N) is 3. The first-order chi connectivity index (χ1) is 9.20. The molecule has 0 aliphatic heterocycles. The lowest BCUT2D eigenvalue weighted by Gasteiger charge is -2.10. The van der Waals surface area contributed by atoms with Gasteiger partial charge in [-0.1, -0.05) is 36.4 Å². The molecule has 19 heavy (non-hydrogen) atoms. The van der Waals surface area contributed by atoms with Crippen molar-refractivity contribution in [3.8, 4) is 0 Å². The van der Waals surface area contributed by atoms with E-state index in [9.17, 15) is 9.59 Å². The van der Waals surface area contributed by atoms with E-state index >= 15 is 0 Å². The van der Waals surface area contributed by atoms with E-state index in [1.54, 1.807) is 6.07 Å². The number of rotatable bonds is 1. The smallest absolute Gasteiger partial charge is 0.425 e. The molecule has 0 aromatic heterocycles. The summed E-state index contributed by atoms with van der Waals surface area (Å²) in [5, 5.41) is 4.57. The third-order valence-corrected chi connectivity index (χ3v) is 2.50. The molecule has 2 aromatic rings. The van der Waals surface area contributed by atoms with Gasteiger partial charge in [0.15, 0.2) is 0 Å². The lowest BCUT2D eigenvalue weighted by atomic mass is 10.1. The first-order valence-corrected chi connectivity index (χ1v) is 5.59. The Hall–Kier alpha value is -2.76. The standard InChI is InChI=1S/C13H13N3O3/c1-19-13(18)16-15-12(17)14-11-8-4-6-9-5-2-3-7-10(9)11/h2-8H,1H3,(H,16,18)(H2,14,15,17). The largest absolute Gasteiger partial charge is 0.452 e. The minimum absolute atomic E-state index is 0.554. The van der Waals surface area contributed by atoms with Crippen molar-refractivity contribution in [3.05, 3.63) is 42.5 Å². The number of methoxy groups -OCH3 is 1. The van der Waals surface area contributed by atoms with Crippen LogP contribution in [0.3, 0.4) is 0 Å². The zero-order chi connectivity index (χ0) is 13.7. The van der Waals surface area contributed by atoms with E-state index in [4.69, 9.17) is 0 Å². The van der Waals surface area contributed by atoms with Gasteiger partial charge in [0.25, 0.3) is 0 Å². The van der Waals surface area contributed by atoms with Crippen LogP contribution in [0.1, 0.15) is 0 Å². The number of benzene rings is 2. The highest BCUT2D eigenvalue weighted by Crippen LogP contribution is 2.22. The molecular weight excluding hydrogens is 246 g/mol. The molecule has 3 amide bonds. The average molecular weight is 259 g/mol. The van der Waals surface area contributed by atoms with Crippen molar-refractivity contribution < 1.29 is 14.3 Å². The third-order valence-electron chi connectivity index (χ3n) is 2.50. The predicted molar refractivity (Wildman–Crippen MR) is 71.6 cm³/mol. The molecule has 0 bridgehead atoms. The monoisotopic (exact) mass is 259 g/mol. The maximum Gasteiger partial charge on any atom is 0.425 e. The molecule has 0 aliphatic rings. The van der Waals surface area contributed by atoms with Crippen LogP contribution in [0.4, 0.5) is 15.3 Å². The Bertz CT molecular complexity index is 608. The molecule has 2 rings (SSSR count). The quantitative estimate of drug-likeness (QED) is 0.687. The number of amides is 3. The average Bonchev–Trinajstić information content (AvgIpc) is 2.45. The van der Waals surface area contributed by atoms with Crippen molar-refractivity contribution in [2.24, 2.45) is 0 Å². The highest BCUT2D eigenvalue weighted by atomic mass is 16.5. The normalized spacial score (nSPS) is 9.74. The van der Waals surface area contributed by atoms with Gasteiger partial charge in [-0.25, -0.2) is 20.4 Å². The Morgan fingerprint density at radius 2 is 1.74 bits per heavy atom. The summed E-state index contributed by atoms with van der Waals surface area (Å²) in [6.07, 6.45) is -0.743. The third kappa shape index (κ3) is 3.12. The van der Waals surface area contributed by atoms with Gasteiger partial charge in [0.05, 0.1) is 12.8 Å². The number of anilines is 1. The number of hydrazine groups is 1. The van der Waals surface area contributed by atoms with E-state index in [0.717, 1.165) is 10.8 Å². The minimum Gasteiger partial charge on any atom is -0.452 e. The molecule has 3 N–H and O–H groups in total. The molecule has 0 heterocycles. The van der Waals surface area contributed by atoms with Crippen molar-refractivity contribution in [2.75, 3.05) is 12.4 Å². The summed E-state index contributed by atoms with van der Waals surface area (Å²) in [5.74, 6) is 0. The Kier molecular flexibility index (Phi) is 3.82.